The molecule has 0 spiro atoms. The van der Waals surface area contributed by atoms with Gasteiger partial charge in [0.15, 0.2) is 0 Å². The van der Waals surface area contributed by atoms with Crippen LogP contribution in [0, 0.1) is 0 Å². The third-order valence-electron chi connectivity index (χ3n) is 3.98. The van der Waals surface area contributed by atoms with Crippen LogP contribution in [0.3, 0.4) is 0 Å². The molecule has 0 radical (unpaired) electrons. The molecule has 4 nitrogen and oxygen atoms in total. The van der Waals surface area contributed by atoms with Crippen molar-refractivity contribution in [2.75, 3.05) is 33.4 Å². The molecule has 1 heterocycles. The van der Waals surface area contributed by atoms with E-state index in [1.165, 1.54) is 5.56 Å². The number of hydrogen-bond donors (Lipinski definition) is 1. The van der Waals surface area contributed by atoms with Crippen LogP contribution in [0.4, 0.5) is 0 Å². The van der Waals surface area contributed by atoms with Gasteiger partial charge in [0.25, 0.3) is 0 Å². The maximum absolute atomic E-state index is 6.42. The first-order chi connectivity index (χ1) is 9.77. The van der Waals surface area contributed by atoms with Crippen LogP contribution >= 0.6 is 0 Å². The maximum atomic E-state index is 6.42. The average Bonchev–Trinajstić information content (AvgIpc) is 2.77. The van der Waals surface area contributed by atoms with Crippen LogP contribution in [0.5, 0.6) is 5.75 Å². The van der Waals surface area contributed by atoms with E-state index in [2.05, 4.69) is 24.0 Å². The molecular weight excluding hydrogens is 252 g/mol. The minimum absolute atomic E-state index is 0.101. The summed E-state index contributed by atoms with van der Waals surface area (Å²) >= 11 is 0. The Labute approximate surface area is 121 Å². The summed E-state index contributed by atoms with van der Waals surface area (Å²) in [6.45, 7) is 5.72. The molecule has 20 heavy (non-hydrogen) atoms. The average molecular weight is 278 g/mol. The van der Waals surface area contributed by atoms with Gasteiger partial charge in [-0.05, 0) is 18.9 Å². The Morgan fingerprint density at radius 2 is 2.10 bits per heavy atom. The molecule has 4 heteroatoms. The summed E-state index contributed by atoms with van der Waals surface area (Å²) in [6.07, 6.45) is 2.00. The molecule has 112 valence electrons. The largest absolute Gasteiger partial charge is 0.496 e. The van der Waals surface area contributed by atoms with Crippen LogP contribution in [0.25, 0.3) is 0 Å². The molecular formula is C16H26N2O2. The van der Waals surface area contributed by atoms with Crippen LogP contribution in [-0.4, -0.2) is 44.4 Å². The third kappa shape index (κ3) is 3.51. The Hall–Kier alpha value is -1.10. The number of methoxy groups -OCH3 is 1. The second kappa shape index (κ2) is 7.62. The fourth-order valence-corrected chi connectivity index (χ4v) is 2.88. The monoisotopic (exact) mass is 278 g/mol. The van der Waals surface area contributed by atoms with Gasteiger partial charge in [0.05, 0.1) is 19.8 Å². The van der Waals surface area contributed by atoms with Crippen molar-refractivity contribution >= 4 is 0 Å². The topological polar surface area (TPSA) is 47.7 Å². The molecule has 1 saturated heterocycles. The van der Waals surface area contributed by atoms with E-state index in [-0.39, 0.29) is 12.1 Å². The molecule has 2 unspecified atom stereocenters. The minimum Gasteiger partial charge on any atom is -0.496 e. The Balaban J connectivity index is 2.30. The fraction of sp³-hybridized carbons (Fsp3) is 0.625. The molecule has 1 aromatic rings. The standard InChI is InChI=1S/C16H26N2O2/c1-3-14(17)16(18-9-6-11-20-12-10-18)13-7-4-5-8-15(13)19-2/h4-5,7-8,14,16H,3,6,9-12,17H2,1-2H3. The highest BCUT2D eigenvalue weighted by Crippen LogP contribution is 2.32. The lowest BCUT2D eigenvalue weighted by molar-refractivity contribution is 0.124. The highest BCUT2D eigenvalue weighted by atomic mass is 16.5. The van der Waals surface area contributed by atoms with E-state index >= 15 is 0 Å². The van der Waals surface area contributed by atoms with Gasteiger partial charge in [0.1, 0.15) is 5.75 Å². The molecule has 2 rings (SSSR count). The number of hydrogen-bond acceptors (Lipinski definition) is 4. The number of nitrogens with two attached hydrogens (primary N) is 1. The van der Waals surface area contributed by atoms with Crippen molar-refractivity contribution in [2.45, 2.75) is 31.8 Å². The van der Waals surface area contributed by atoms with Gasteiger partial charge in [-0.2, -0.15) is 0 Å². The lowest BCUT2D eigenvalue weighted by Gasteiger charge is -2.35. The van der Waals surface area contributed by atoms with E-state index in [4.69, 9.17) is 15.2 Å². The SMILES string of the molecule is CCC(N)C(c1ccccc1OC)N1CCCOCC1. The van der Waals surface area contributed by atoms with Crippen molar-refractivity contribution in [3.8, 4) is 5.75 Å². The lowest BCUT2D eigenvalue weighted by atomic mass is 9.95. The van der Waals surface area contributed by atoms with E-state index < -0.39 is 0 Å². The van der Waals surface area contributed by atoms with Gasteiger partial charge in [-0.25, -0.2) is 0 Å². The first kappa shape index (κ1) is 15.3. The zero-order valence-corrected chi connectivity index (χ0v) is 12.5. The molecule has 0 aliphatic carbocycles. The third-order valence-corrected chi connectivity index (χ3v) is 3.98. The van der Waals surface area contributed by atoms with Crippen LogP contribution in [0.1, 0.15) is 31.4 Å². The van der Waals surface area contributed by atoms with Crippen molar-refractivity contribution in [1.29, 1.82) is 0 Å². The second-order valence-electron chi connectivity index (χ2n) is 5.26. The van der Waals surface area contributed by atoms with Crippen molar-refractivity contribution in [3.05, 3.63) is 29.8 Å². The highest BCUT2D eigenvalue weighted by Gasteiger charge is 2.28. The predicted molar refractivity (Wildman–Crippen MR) is 81.0 cm³/mol. The Morgan fingerprint density at radius 3 is 2.85 bits per heavy atom. The summed E-state index contributed by atoms with van der Waals surface area (Å²) in [5.74, 6) is 0.923. The van der Waals surface area contributed by atoms with E-state index in [1.54, 1.807) is 7.11 Å². The Bertz CT molecular complexity index is 403. The summed E-state index contributed by atoms with van der Waals surface area (Å²) in [5.41, 5.74) is 7.60. The zero-order chi connectivity index (χ0) is 14.4. The van der Waals surface area contributed by atoms with Crippen molar-refractivity contribution in [2.24, 2.45) is 5.73 Å². The number of para-hydroxylation sites is 1. The van der Waals surface area contributed by atoms with E-state index in [0.717, 1.165) is 44.9 Å². The van der Waals surface area contributed by atoms with Gasteiger partial charge >= 0.3 is 0 Å². The number of nitrogens with zero attached hydrogens (tertiary/aromatic N) is 1. The molecule has 1 aliphatic heterocycles. The highest BCUT2D eigenvalue weighted by molar-refractivity contribution is 5.36. The summed E-state index contributed by atoms with van der Waals surface area (Å²) < 4.78 is 11.1. The molecule has 0 bridgehead atoms. The predicted octanol–water partition coefficient (Wildman–Crippen LogP) is 2.20. The van der Waals surface area contributed by atoms with Gasteiger partial charge in [0.2, 0.25) is 0 Å². The quantitative estimate of drug-likeness (QED) is 0.897. The zero-order valence-electron chi connectivity index (χ0n) is 12.5. The summed E-state index contributed by atoms with van der Waals surface area (Å²) in [4.78, 5) is 2.44. The van der Waals surface area contributed by atoms with Gasteiger partial charge < -0.3 is 15.2 Å². The van der Waals surface area contributed by atoms with Crippen LogP contribution in [0.2, 0.25) is 0 Å². The Kier molecular flexibility index (Phi) is 5.83. The molecule has 0 aromatic heterocycles. The lowest BCUT2D eigenvalue weighted by Crippen LogP contribution is -2.42. The molecule has 2 N–H and O–H groups in total. The van der Waals surface area contributed by atoms with Crippen molar-refractivity contribution < 1.29 is 9.47 Å². The molecule has 1 aromatic carbocycles. The molecule has 2 atom stereocenters. The number of ether oxygens (including phenoxy) is 2. The first-order valence-corrected chi connectivity index (χ1v) is 7.48. The summed E-state index contributed by atoms with van der Waals surface area (Å²) in [5, 5.41) is 0. The van der Waals surface area contributed by atoms with Crippen LogP contribution in [-0.2, 0) is 4.74 Å². The van der Waals surface area contributed by atoms with E-state index in [0.29, 0.717) is 0 Å². The number of benzene rings is 1. The molecule has 1 fully saturated rings. The molecule has 0 saturated carbocycles. The summed E-state index contributed by atoms with van der Waals surface area (Å²) in [7, 11) is 1.72. The normalized spacial score (nSPS) is 20.1. The van der Waals surface area contributed by atoms with Gasteiger partial charge in [-0.15, -0.1) is 0 Å². The number of rotatable bonds is 5. The van der Waals surface area contributed by atoms with Gasteiger partial charge in [0, 0.05) is 31.3 Å². The van der Waals surface area contributed by atoms with Crippen molar-refractivity contribution in [1.82, 2.24) is 4.90 Å². The molecule has 1 aliphatic rings. The van der Waals surface area contributed by atoms with Crippen LogP contribution < -0.4 is 10.5 Å². The summed E-state index contributed by atoms with van der Waals surface area (Å²) in [6, 6.07) is 8.50. The van der Waals surface area contributed by atoms with E-state index in [1.807, 2.05) is 12.1 Å². The smallest absolute Gasteiger partial charge is 0.123 e. The first-order valence-electron chi connectivity index (χ1n) is 7.48. The van der Waals surface area contributed by atoms with Crippen LogP contribution in [0.15, 0.2) is 24.3 Å². The minimum atomic E-state index is 0.101. The second-order valence-corrected chi connectivity index (χ2v) is 5.26. The maximum Gasteiger partial charge on any atom is 0.123 e. The fourth-order valence-electron chi connectivity index (χ4n) is 2.88. The Morgan fingerprint density at radius 1 is 1.30 bits per heavy atom. The van der Waals surface area contributed by atoms with Gasteiger partial charge in [-0.1, -0.05) is 25.1 Å². The van der Waals surface area contributed by atoms with Crippen molar-refractivity contribution in [3.63, 3.8) is 0 Å². The molecule has 0 amide bonds. The van der Waals surface area contributed by atoms with Gasteiger partial charge in [-0.3, -0.25) is 4.90 Å². The van der Waals surface area contributed by atoms with E-state index in [9.17, 15) is 0 Å².